The second-order valence-electron chi connectivity index (χ2n) is 8.66. The number of carbonyl (C=O) groups is 2. The third kappa shape index (κ3) is 7.41. The van der Waals surface area contributed by atoms with Crippen molar-refractivity contribution in [3.63, 3.8) is 0 Å². The lowest BCUT2D eigenvalue weighted by atomic mass is 10.0. The molecule has 3 rings (SSSR count). The van der Waals surface area contributed by atoms with Crippen LogP contribution in [0.4, 0.5) is 4.39 Å². The van der Waals surface area contributed by atoms with E-state index < -0.39 is 11.9 Å². The number of hydrogen-bond acceptors (Lipinski definition) is 3. The number of ether oxygens (including phenoxy) is 1. The van der Waals surface area contributed by atoms with Crippen LogP contribution in [-0.2, 0) is 29.0 Å². The minimum absolute atomic E-state index is 0.0406. The number of rotatable bonds is 11. The van der Waals surface area contributed by atoms with Crippen molar-refractivity contribution in [1.29, 1.82) is 0 Å². The van der Waals surface area contributed by atoms with Crippen LogP contribution in [0.2, 0.25) is 0 Å². The first-order valence-corrected chi connectivity index (χ1v) is 11.9. The van der Waals surface area contributed by atoms with Crippen molar-refractivity contribution in [3.8, 4) is 5.75 Å². The van der Waals surface area contributed by atoms with Gasteiger partial charge in [0.2, 0.25) is 11.8 Å². The topological polar surface area (TPSA) is 58.6 Å². The van der Waals surface area contributed by atoms with Gasteiger partial charge in [0, 0.05) is 19.0 Å². The number of methoxy groups -OCH3 is 1. The van der Waals surface area contributed by atoms with Gasteiger partial charge in [0.15, 0.2) is 0 Å². The van der Waals surface area contributed by atoms with Crippen LogP contribution >= 0.6 is 0 Å². The quantitative estimate of drug-likeness (QED) is 0.427. The van der Waals surface area contributed by atoms with E-state index in [1.807, 2.05) is 68.4 Å². The predicted octanol–water partition coefficient (Wildman–Crippen LogP) is 4.93. The Labute approximate surface area is 206 Å². The average Bonchev–Trinajstić information content (AvgIpc) is 2.88. The lowest BCUT2D eigenvalue weighted by Crippen LogP contribution is -2.52. The number of halogens is 1. The van der Waals surface area contributed by atoms with E-state index in [0.717, 1.165) is 17.5 Å². The molecule has 1 N–H and O–H groups in total. The summed E-state index contributed by atoms with van der Waals surface area (Å²) in [6.45, 7) is 4.12. The van der Waals surface area contributed by atoms with E-state index in [-0.39, 0.29) is 30.8 Å². The normalized spacial score (nSPS) is 12.5. The summed E-state index contributed by atoms with van der Waals surface area (Å²) in [5.41, 5.74) is 2.06. The highest BCUT2D eigenvalue weighted by molar-refractivity contribution is 5.89. The first kappa shape index (κ1) is 25.9. The Morgan fingerprint density at radius 3 is 2.34 bits per heavy atom. The molecule has 0 radical (unpaired) electrons. The lowest BCUT2D eigenvalue weighted by Gasteiger charge is -2.32. The highest BCUT2D eigenvalue weighted by Gasteiger charge is 2.31. The molecule has 5 nitrogen and oxygen atoms in total. The molecular formula is C29H33FN2O3. The molecule has 0 aliphatic carbocycles. The van der Waals surface area contributed by atoms with E-state index in [0.29, 0.717) is 17.7 Å². The van der Waals surface area contributed by atoms with E-state index >= 15 is 0 Å². The number of amides is 2. The molecular weight excluding hydrogens is 443 g/mol. The first-order chi connectivity index (χ1) is 16.9. The van der Waals surface area contributed by atoms with Crippen molar-refractivity contribution < 1.29 is 18.7 Å². The second-order valence-corrected chi connectivity index (χ2v) is 8.66. The van der Waals surface area contributed by atoms with E-state index in [9.17, 15) is 14.0 Å². The zero-order chi connectivity index (χ0) is 25.2. The Morgan fingerprint density at radius 1 is 0.971 bits per heavy atom. The summed E-state index contributed by atoms with van der Waals surface area (Å²) in [5.74, 6) is -0.329. The van der Waals surface area contributed by atoms with Crippen LogP contribution in [0, 0.1) is 5.82 Å². The molecule has 2 amide bonds. The van der Waals surface area contributed by atoms with Crippen molar-refractivity contribution in [3.05, 3.63) is 101 Å². The number of nitrogens with one attached hydrogen (secondary N) is 1. The maximum atomic E-state index is 14.4. The molecule has 0 aromatic heterocycles. The van der Waals surface area contributed by atoms with Gasteiger partial charge in [-0.1, -0.05) is 67.6 Å². The van der Waals surface area contributed by atoms with Crippen LogP contribution < -0.4 is 10.1 Å². The Kier molecular flexibility index (Phi) is 9.41. The largest absolute Gasteiger partial charge is 0.497 e. The summed E-state index contributed by atoms with van der Waals surface area (Å²) in [4.78, 5) is 28.7. The van der Waals surface area contributed by atoms with Gasteiger partial charge in [-0.15, -0.1) is 0 Å². The van der Waals surface area contributed by atoms with Crippen LogP contribution in [0.15, 0.2) is 78.9 Å². The summed E-state index contributed by atoms with van der Waals surface area (Å²) in [6.07, 6.45) is 0.970. The summed E-state index contributed by atoms with van der Waals surface area (Å²) in [6, 6.07) is 22.4. The number of hydrogen-bond donors (Lipinski definition) is 1. The molecule has 3 aromatic rings. The van der Waals surface area contributed by atoms with Crippen LogP contribution in [-0.4, -0.2) is 35.9 Å². The summed E-state index contributed by atoms with van der Waals surface area (Å²) < 4.78 is 19.7. The van der Waals surface area contributed by atoms with Gasteiger partial charge in [0.1, 0.15) is 17.6 Å². The van der Waals surface area contributed by atoms with Crippen molar-refractivity contribution in [2.24, 2.45) is 0 Å². The second kappa shape index (κ2) is 12.7. The number of carbonyl (C=O) groups excluding carboxylic acids is 2. The average molecular weight is 477 g/mol. The van der Waals surface area contributed by atoms with Crippen LogP contribution in [0.25, 0.3) is 0 Å². The van der Waals surface area contributed by atoms with Crippen LogP contribution in [0.3, 0.4) is 0 Å². The zero-order valence-electron chi connectivity index (χ0n) is 20.5. The summed E-state index contributed by atoms with van der Waals surface area (Å²) in [7, 11) is 1.58. The van der Waals surface area contributed by atoms with Crippen molar-refractivity contribution >= 4 is 11.8 Å². The zero-order valence-corrected chi connectivity index (χ0v) is 20.5. The molecule has 0 saturated carbocycles. The SMILES string of the molecule is CC[C@@H](C)NC(=O)[C@H](Cc1ccccc1)N(Cc1cccc(OC)c1)C(=O)Cc1ccccc1F. The third-order valence-corrected chi connectivity index (χ3v) is 6.06. The van der Waals surface area contributed by atoms with E-state index in [1.165, 1.54) is 6.07 Å². The molecule has 0 heterocycles. The van der Waals surface area contributed by atoms with Crippen LogP contribution in [0.5, 0.6) is 5.75 Å². The van der Waals surface area contributed by atoms with E-state index in [1.54, 1.807) is 30.2 Å². The molecule has 0 bridgehead atoms. The van der Waals surface area contributed by atoms with Gasteiger partial charge >= 0.3 is 0 Å². The fraction of sp³-hybridized carbons (Fsp3) is 0.310. The molecule has 6 heteroatoms. The lowest BCUT2D eigenvalue weighted by molar-refractivity contribution is -0.141. The molecule has 184 valence electrons. The first-order valence-electron chi connectivity index (χ1n) is 11.9. The molecule has 3 aromatic carbocycles. The molecule has 0 aliphatic heterocycles. The molecule has 0 fully saturated rings. The summed E-state index contributed by atoms with van der Waals surface area (Å²) in [5, 5.41) is 3.04. The highest BCUT2D eigenvalue weighted by Crippen LogP contribution is 2.20. The van der Waals surface area contributed by atoms with Crippen molar-refractivity contribution in [1.82, 2.24) is 10.2 Å². The minimum atomic E-state index is -0.767. The van der Waals surface area contributed by atoms with Crippen molar-refractivity contribution in [2.75, 3.05) is 7.11 Å². The molecule has 0 saturated heterocycles. The standard InChI is InChI=1S/C29H33FN2O3/c1-4-21(2)31-29(34)27(18-22-11-6-5-7-12-22)32(20-23-13-10-15-25(17-23)35-3)28(33)19-24-14-8-9-16-26(24)30/h5-17,21,27H,4,18-20H2,1-3H3,(H,31,34)/t21-,27+/m1/s1. The van der Waals surface area contributed by atoms with E-state index in [2.05, 4.69) is 5.32 Å². The highest BCUT2D eigenvalue weighted by atomic mass is 19.1. The Balaban J connectivity index is 1.99. The molecule has 0 aliphatic rings. The smallest absolute Gasteiger partial charge is 0.243 e. The van der Waals surface area contributed by atoms with Gasteiger partial charge in [-0.3, -0.25) is 9.59 Å². The third-order valence-electron chi connectivity index (χ3n) is 6.06. The van der Waals surface area contributed by atoms with Gasteiger partial charge < -0.3 is 15.0 Å². The Bertz CT molecular complexity index is 1120. The number of benzene rings is 3. The summed E-state index contributed by atoms with van der Waals surface area (Å²) >= 11 is 0. The Hall–Kier alpha value is -3.67. The Morgan fingerprint density at radius 2 is 1.66 bits per heavy atom. The molecule has 0 spiro atoms. The van der Waals surface area contributed by atoms with Gasteiger partial charge in [-0.25, -0.2) is 4.39 Å². The van der Waals surface area contributed by atoms with Crippen LogP contribution in [0.1, 0.15) is 37.0 Å². The fourth-order valence-corrected chi connectivity index (χ4v) is 3.87. The van der Waals surface area contributed by atoms with Crippen molar-refractivity contribution in [2.45, 2.75) is 51.7 Å². The van der Waals surface area contributed by atoms with Gasteiger partial charge in [0.25, 0.3) is 0 Å². The fourth-order valence-electron chi connectivity index (χ4n) is 3.87. The van der Waals surface area contributed by atoms with Gasteiger partial charge in [0.05, 0.1) is 13.5 Å². The maximum absolute atomic E-state index is 14.4. The molecule has 35 heavy (non-hydrogen) atoms. The minimum Gasteiger partial charge on any atom is -0.497 e. The predicted molar refractivity (Wildman–Crippen MR) is 135 cm³/mol. The maximum Gasteiger partial charge on any atom is 0.243 e. The van der Waals surface area contributed by atoms with Gasteiger partial charge in [-0.2, -0.15) is 0 Å². The monoisotopic (exact) mass is 476 g/mol. The van der Waals surface area contributed by atoms with Gasteiger partial charge in [-0.05, 0) is 48.2 Å². The molecule has 0 unspecified atom stereocenters. The number of nitrogens with zero attached hydrogens (tertiary/aromatic N) is 1. The van der Waals surface area contributed by atoms with E-state index in [4.69, 9.17) is 4.74 Å². The molecule has 2 atom stereocenters.